The maximum absolute atomic E-state index is 12.9. The van der Waals surface area contributed by atoms with Gasteiger partial charge in [-0.2, -0.15) is 0 Å². The number of rotatable bonds is 2. The Morgan fingerprint density at radius 2 is 1.96 bits per heavy atom. The Balaban J connectivity index is 1.71. The van der Waals surface area contributed by atoms with Crippen LogP contribution in [0, 0.1) is 0 Å². The molecule has 23 heavy (non-hydrogen) atoms. The zero-order valence-electron chi connectivity index (χ0n) is 13.1. The van der Waals surface area contributed by atoms with Gasteiger partial charge in [0.25, 0.3) is 0 Å². The molecule has 2 heterocycles. The van der Waals surface area contributed by atoms with Crippen LogP contribution in [-0.4, -0.2) is 42.6 Å². The smallest absolute Gasteiger partial charge is 0.334 e. The van der Waals surface area contributed by atoms with Crippen molar-refractivity contribution in [3.63, 3.8) is 0 Å². The van der Waals surface area contributed by atoms with Crippen LogP contribution < -0.4 is 4.74 Å². The summed E-state index contributed by atoms with van der Waals surface area (Å²) in [6.07, 6.45) is 3.55. The Bertz CT molecular complexity index is 755. The molecular formula is C16H20N2O4S. The molecule has 1 aromatic rings. The zero-order valence-corrected chi connectivity index (χ0v) is 13.9. The van der Waals surface area contributed by atoms with E-state index >= 15 is 0 Å². The summed E-state index contributed by atoms with van der Waals surface area (Å²) in [4.78, 5) is 14.6. The summed E-state index contributed by atoms with van der Waals surface area (Å²) in [5, 5.41) is 0. The van der Waals surface area contributed by atoms with Gasteiger partial charge in [-0.05, 0) is 36.1 Å². The molecule has 3 aliphatic rings. The Morgan fingerprint density at radius 1 is 1.22 bits per heavy atom. The maximum Gasteiger partial charge on any atom is 0.334 e. The van der Waals surface area contributed by atoms with E-state index in [1.54, 1.807) is 12.0 Å². The number of fused-ring (bicyclic) bond motifs is 3. The summed E-state index contributed by atoms with van der Waals surface area (Å²) >= 11 is 0. The average molecular weight is 336 g/mol. The lowest BCUT2D eigenvalue weighted by molar-refractivity contribution is 0.146. The molecule has 6 nitrogen and oxygen atoms in total. The van der Waals surface area contributed by atoms with Gasteiger partial charge >= 0.3 is 6.03 Å². The fourth-order valence-corrected chi connectivity index (χ4v) is 5.99. The Kier molecular flexibility index (Phi) is 3.30. The zero-order chi connectivity index (χ0) is 16.2. The van der Waals surface area contributed by atoms with Crippen molar-refractivity contribution in [1.29, 1.82) is 0 Å². The second-order valence-electron chi connectivity index (χ2n) is 6.50. The molecule has 4 rings (SSSR count). The van der Waals surface area contributed by atoms with Crippen LogP contribution in [0.2, 0.25) is 0 Å². The van der Waals surface area contributed by atoms with Gasteiger partial charge in [0.2, 0.25) is 10.0 Å². The van der Waals surface area contributed by atoms with Crippen molar-refractivity contribution >= 4 is 16.1 Å². The number of ether oxygens (including phenoxy) is 1. The molecule has 1 atom stereocenters. The number of methoxy groups -OCH3 is 1. The molecule has 0 radical (unpaired) electrons. The third-order valence-corrected chi connectivity index (χ3v) is 6.98. The maximum atomic E-state index is 12.9. The minimum Gasteiger partial charge on any atom is -0.497 e. The summed E-state index contributed by atoms with van der Waals surface area (Å²) in [6.45, 7) is 0.453. The number of amides is 2. The third-order valence-electron chi connectivity index (χ3n) is 5.18. The molecule has 1 unspecified atom stereocenters. The average Bonchev–Trinajstić information content (AvgIpc) is 3.14. The highest BCUT2D eigenvalue weighted by molar-refractivity contribution is 7.89. The van der Waals surface area contributed by atoms with E-state index in [1.165, 1.54) is 4.31 Å². The largest absolute Gasteiger partial charge is 0.497 e. The van der Waals surface area contributed by atoms with Crippen molar-refractivity contribution < 1.29 is 17.9 Å². The van der Waals surface area contributed by atoms with E-state index in [9.17, 15) is 13.2 Å². The standard InChI is InChI=1S/C16H20N2O4S/c1-22-13-6-7-14-11(8-13)9-17-15(14)10-23(20,21)18(16(17)19)12-4-2-3-5-12/h6-8,12,15H,2-5,9-10H2,1H3. The van der Waals surface area contributed by atoms with Crippen molar-refractivity contribution in [3.8, 4) is 5.75 Å². The molecule has 0 bridgehead atoms. The first kappa shape index (κ1) is 14.8. The number of benzene rings is 1. The summed E-state index contributed by atoms with van der Waals surface area (Å²) in [7, 11) is -1.96. The molecule has 0 aromatic heterocycles. The van der Waals surface area contributed by atoms with Crippen molar-refractivity contribution in [1.82, 2.24) is 9.21 Å². The van der Waals surface area contributed by atoms with Gasteiger partial charge in [0.1, 0.15) is 5.75 Å². The summed E-state index contributed by atoms with van der Waals surface area (Å²) in [5.74, 6) is 0.709. The molecule has 1 saturated heterocycles. The van der Waals surface area contributed by atoms with E-state index in [-0.39, 0.29) is 23.9 Å². The van der Waals surface area contributed by atoms with E-state index < -0.39 is 10.0 Å². The van der Waals surface area contributed by atoms with Gasteiger partial charge in [-0.3, -0.25) is 0 Å². The van der Waals surface area contributed by atoms with Gasteiger partial charge < -0.3 is 9.64 Å². The fourth-order valence-electron chi connectivity index (χ4n) is 4.06. The van der Waals surface area contributed by atoms with E-state index in [0.717, 1.165) is 42.6 Å². The Morgan fingerprint density at radius 3 is 2.65 bits per heavy atom. The van der Waals surface area contributed by atoms with E-state index in [2.05, 4.69) is 0 Å². The lowest BCUT2D eigenvalue weighted by atomic mass is 10.1. The minimum absolute atomic E-state index is 0.0193. The highest BCUT2D eigenvalue weighted by Gasteiger charge is 2.49. The molecule has 2 fully saturated rings. The minimum atomic E-state index is -3.56. The quantitative estimate of drug-likeness (QED) is 0.831. The van der Waals surface area contributed by atoms with Crippen molar-refractivity contribution in [3.05, 3.63) is 29.3 Å². The second kappa shape index (κ2) is 5.12. The van der Waals surface area contributed by atoms with Gasteiger partial charge in [-0.1, -0.05) is 18.9 Å². The molecule has 2 aliphatic heterocycles. The second-order valence-corrected chi connectivity index (χ2v) is 8.39. The first-order valence-corrected chi connectivity index (χ1v) is 9.62. The Hall–Kier alpha value is -1.76. The van der Waals surface area contributed by atoms with E-state index in [0.29, 0.717) is 6.54 Å². The number of carbonyl (C=O) groups excluding carboxylic acids is 1. The van der Waals surface area contributed by atoms with Crippen LogP contribution in [0.4, 0.5) is 4.79 Å². The van der Waals surface area contributed by atoms with Crippen molar-refractivity contribution in [2.24, 2.45) is 0 Å². The molecule has 7 heteroatoms. The number of carbonyl (C=O) groups is 1. The monoisotopic (exact) mass is 336 g/mol. The lowest BCUT2D eigenvalue weighted by Gasteiger charge is -2.40. The third kappa shape index (κ3) is 2.21. The molecule has 1 aromatic carbocycles. The molecule has 2 amide bonds. The molecule has 0 N–H and O–H groups in total. The number of sulfonamides is 1. The van der Waals surface area contributed by atoms with Crippen molar-refractivity contribution in [2.45, 2.75) is 44.3 Å². The highest BCUT2D eigenvalue weighted by atomic mass is 32.2. The van der Waals surface area contributed by atoms with Crippen molar-refractivity contribution in [2.75, 3.05) is 12.9 Å². The van der Waals surface area contributed by atoms with Crippen LogP contribution in [0.5, 0.6) is 5.75 Å². The van der Waals surface area contributed by atoms with Crippen LogP contribution >= 0.6 is 0 Å². The molecule has 1 aliphatic carbocycles. The number of urea groups is 1. The lowest BCUT2D eigenvalue weighted by Crippen LogP contribution is -2.56. The molecule has 1 saturated carbocycles. The SMILES string of the molecule is COc1ccc2c(c1)CN1C(=O)N(C3CCCC3)S(=O)(=O)CC21. The summed E-state index contributed by atoms with van der Waals surface area (Å²) in [6, 6.07) is 4.71. The van der Waals surface area contributed by atoms with Gasteiger partial charge in [0, 0.05) is 12.6 Å². The van der Waals surface area contributed by atoms with Gasteiger partial charge in [-0.25, -0.2) is 17.5 Å². The van der Waals surface area contributed by atoms with Gasteiger partial charge in [0.05, 0.1) is 18.9 Å². The van der Waals surface area contributed by atoms with Crippen LogP contribution in [0.1, 0.15) is 42.9 Å². The van der Waals surface area contributed by atoms with E-state index in [4.69, 9.17) is 4.74 Å². The first-order chi connectivity index (χ1) is 11.0. The van der Waals surface area contributed by atoms with Crippen LogP contribution in [0.3, 0.4) is 0 Å². The predicted molar refractivity (Wildman–Crippen MR) is 84.6 cm³/mol. The van der Waals surface area contributed by atoms with E-state index in [1.807, 2.05) is 18.2 Å². The highest BCUT2D eigenvalue weighted by Crippen LogP contribution is 2.42. The first-order valence-electron chi connectivity index (χ1n) is 8.01. The normalized spacial score (nSPS) is 26.3. The van der Waals surface area contributed by atoms with Crippen LogP contribution in [0.25, 0.3) is 0 Å². The topological polar surface area (TPSA) is 66.9 Å². The molecule has 124 valence electrons. The number of nitrogens with zero attached hydrogens (tertiary/aromatic N) is 2. The van der Waals surface area contributed by atoms with Gasteiger partial charge in [-0.15, -0.1) is 0 Å². The molecule has 0 spiro atoms. The summed E-state index contributed by atoms with van der Waals surface area (Å²) < 4.78 is 31.8. The van der Waals surface area contributed by atoms with Crippen LogP contribution in [-0.2, 0) is 16.6 Å². The predicted octanol–water partition coefficient (Wildman–Crippen LogP) is 2.26. The van der Waals surface area contributed by atoms with Crippen LogP contribution in [0.15, 0.2) is 18.2 Å². The Labute approximate surface area is 136 Å². The molecular weight excluding hydrogens is 316 g/mol. The van der Waals surface area contributed by atoms with Gasteiger partial charge in [0.15, 0.2) is 0 Å². The number of hydrogen-bond acceptors (Lipinski definition) is 4. The summed E-state index contributed by atoms with van der Waals surface area (Å²) in [5.41, 5.74) is 1.90. The number of hydrogen-bond donors (Lipinski definition) is 0. The fraction of sp³-hybridized carbons (Fsp3) is 0.562.